The summed E-state index contributed by atoms with van der Waals surface area (Å²) >= 11 is 4.34. The standard InChI is InChI=1S/C11H9BrFN3OS/c12-7-3-1-2-6(10(7)13)5-18-11-15-8(14)4-9(17)16-11/h1-4H,5H2,(H3,14,15,16,17). The molecule has 2 aromatic rings. The largest absolute Gasteiger partial charge is 0.383 e. The van der Waals surface area contributed by atoms with Gasteiger partial charge in [-0.05, 0) is 27.6 Å². The van der Waals surface area contributed by atoms with Gasteiger partial charge in [0.05, 0.1) is 4.47 Å². The summed E-state index contributed by atoms with van der Waals surface area (Å²) in [6.45, 7) is 0. The molecular weight excluding hydrogens is 321 g/mol. The molecule has 1 heterocycles. The van der Waals surface area contributed by atoms with Gasteiger partial charge in [0.2, 0.25) is 0 Å². The second kappa shape index (κ2) is 5.53. The van der Waals surface area contributed by atoms with Crippen molar-refractivity contribution in [3.05, 3.63) is 50.5 Å². The summed E-state index contributed by atoms with van der Waals surface area (Å²) in [4.78, 5) is 17.7. The molecular formula is C11H9BrFN3OS. The van der Waals surface area contributed by atoms with E-state index in [-0.39, 0.29) is 17.2 Å². The predicted octanol–water partition coefficient (Wildman–Crippen LogP) is 2.55. The highest BCUT2D eigenvalue weighted by molar-refractivity contribution is 9.10. The van der Waals surface area contributed by atoms with Crippen molar-refractivity contribution in [3.8, 4) is 0 Å². The van der Waals surface area contributed by atoms with Gasteiger partial charge < -0.3 is 10.7 Å². The lowest BCUT2D eigenvalue weighted by Crippen LogP contribution is -2.09. The summed E-state index contributed by atoms with van der Waals surface area (Å²) in [6.07, 6.45) is 0. The number of hydrogen-bond acceptors (Lipinski definition) is 4. The van der Waals surface area contributed by atoms with Gasteiger partial charge in [-0.25, -0.2) is 9.37 Å². The van der Waals surface area contributed by atoms with E-state index in [1.54, 1.807) is 18.2 Å². The van der Waals surface area contributed by atoms with E-state index in [9.17, 15) is 9.18 Å². The normalized spacial score (nSPS) is 10.6. The highest BCUT2D eigenvalue weighted by atomic mass is 79.9. The molecule has 94 valence electrons. The molecule has 0 aliphatic heterocycles. The molecule has 7 heteroatoms. The second-order valence-corrected chi connectivity index (χ2v) is 5.30. The zero-order valence-corrected chi connectivity index (χ0v) is 11.5. The van der Waals surface area contributed by atoms with E-state index >= 15 is 0 Å². The fourth-order valence-electron chi connectivity index (χ4n) is 1.33. The van der Waals surface area contributed by atoms with Crippen molar-refractivity contribution in [1.82, 2.24) is 9.97 Å². The lowest BCUT2D eigenvalue weighted by Gasteiger charge is -2.04. The van der Waals surface area contributed by atoms with Gasteiger partial charge in [-0.15, -0.1) is 0 Å². The van der Waals surface area contributed by atoms with Crippen LogP contribution in [0.25, 0.3) is 0 Å². The van der Waals surface area contributed by atoms with Crippen LogP contribution >= 0.6 is 27.7 Å². The third-order valence-corrected chi connectivity index (χ3v) is 3.67. The topological polar surface area (TPSA) is 71.8 Å². The van der Waals surface area contributed by atoms with Gasteiger partial charge >= 0.3 is 0 Å². The van der Waals surface area contributed by atoms with Crippen LogP contribution < -0.4 is 11.3 Å². The average Bonchev–Trinajstić information content (AvgIpc) is 2.30. The van der Waals surface area contributed by atoms with Gasteiger partial charge in [0.1, 0.15) is 11.6 Å². The maximum absolute atomic E-state index is 13.7. The van der Waals surface area contributed by atoms with Gasteiger partial charge in [0, 0.05) is 11.8 Å². The van der Waals surface area contributed by atoms with Gasteiger partial charge in [0.15, 0.2) is 5.16 Å². The number of benzene rings is 1. The number of H-pyrrole nitrogens is 1. The minimum atomic E-state index is -0.320. The zero-order valence-electron chi connectivity index (χ0n) is 9.11. The molecule has 0 unspecified atom stereocenters. The lowest BCUT2D eigenvalue weighted by molar-refractivity contribution is 0.610. The number of thioether (sulfide) groups is 1. The summed E-state index contributed by atoms with van der Waals surface area (Å²) in [7, 11) is 0. The number of nitrogens with one attached hydrogen (secondary N) is 1. The summed E-state index contributed by atoms with van der Waals surface area (Å²) in [5.74, 6) is 0.199. The van der Waals surface area contributed by atoms with Crippen molar-refractivity contribution in [2.24, 2.45) is 0 Å². The summed E-state index contributed by atoms with van der Waals surface area (Å²) in [5, 5.41) is 0.374. The number of hydrogen-bond donors (Lipinski definition) is 2. The molecule has 4 nitrogen and oxygen atoms in total. The number of rotatable bonds is 3. The van der Waals surface area contributed by atoms with Crippen LogP contribution in [0.1, 0.15) is 5.56 Å². The van der Waals surface area contributed by atoms with Crippen LogP contribution in [0.3, 0.4) is 0 Å². The number of halogens is 2. The molecule has 0 saturated heterocycles. The quantitative estimate of drug-likeness (QED) is 0.670. The Morgan fingerprint density at radius 3 is 3.00 bits per heavy atom. The van der Waals surface area contributed by atoms with Gasteiger partial charge in [0.25, 0.3) is 5.56 Å². The molecule has 18 heavy (non-hydrogen) atoms. The zero-order chi connectivity index (χ0) is 13.1. The molecule has 0 fully saturated rings. The third-order valence-electron chi connectivity index (χ3n) is 2.14. The molecule has 0 aliphatic carbocycles. The van der Waals surface area contributed by atoms with Crippen molar-refractivity contribution in [2.75, 3.05) is 5.73 Å². The number of nitrogens with zero attached hydrogens (tertiary/aromatic N) is 1. The monoisotopic (exact) mass is 329 g/mol. The lowest BCUT2D eigenvalue weighted by atomic mass is 10.2. The molecule has 0 radical (unpaired) electrons. The van der Waals surface area contributed by atoms with Crippen molar-refractivity contribution in [2.45, 2.75) is 10.9 Å². The molecule has 2 rings (SSSR count). The Bertz CT molecular complexity index is 632. The second-order valence-electron chi connectivity index (χ2n) is 3.48. The minimum absolute atomic E-state index is 0.149. The predicted molar refractivity (Wildman–Crippen MR) is 72.9 cm³/mol. The Kier molecular flexibility index (Phi) is 4.03. The SMILES string of the molecule is Nc1cc(=O)[nH]c(SCc2cccc(Br)c2F)n1. The van der Waals surface area contributed by atoms with E-state index in [1.807, 2.05) is 0 Å². The molecule has 0 spiro atoms. The van der Waals surface area contributed by atoms with Crippen LogP contribution in [0.4, 0.5) is 10.2 Å². The van der Waals surface area contributed by atoms with Crippen molar-refractivity contribution >= 4 is 33.5 Å². The number of nitrogens with two attached hydrogens (primary N) is 1. The maximum atomic E-state index is 13.7. The van der Waals surface area contributed by atoms with Crippen LogP contribution in [0.15, 0.2) is 38.7 Å². The van der Waals surface area contributed by atoms with Gasteiger partial charge in [-0.2, -0.15) is 0 Å². The smallest absolute Gasteiger partial charge is 0.253 e. The first-order valence-corrected chi connectivity index (χ1v) is 6.76. The summed E-state index contributed by atoms with van der Waals surface area (Å²) in [6, 6.07) is 6.25. The van der Waals surface area contributed by atoms with Gasteiger partial charge in [-0.3, -0.25) is 4.79 Å². The van der Waals surface area contributed by atoms with Crippen LogP contribution in [-0.2, 0) is 5.75 Å². The fourth-order valence-corrected chi connectivity index (χ4v) is 2.59. The van der Waals surface area contributed by atoms with E-state index in [2.05, 4.69) is 25.9 Å². The number of aromatic nitrogens is 2. The molecule has 0 saturated carbocycles. The minimum Gasteiger partial charge on any atom is -0.383 e. The fraction of sp³-hybridized carbons (Fsp3) is 0.0909. The Hall–Kier alpha value is -1.34. The Labute approximate surface area is 115 Å². The molecule has 0 atom stereocenters. The van der Waals surface area contributed by atoms with Crippen molar-refractivity contribution in [3.63, 3.8) is 0 Å². The van der Waals surface area contributed by atoms with Crippen LogP contribution in [0, 0.1) is 5.82 Å². The highest BCUT2D eigenvalue weighted by Gasteiger charge is 2.07. The average molecular weight is 330 g/mol. The Balaban J connectivity index is 2.16. The Morgan fingerprint density at radius 2 is 2.28 bits per heavy atom. The van der Waals surface area contributed by atoms with E-state index in [0.29, 0.717) is 20.9 Å². The molecule has 1 aromatic carbocycles. The van der Waals surface area contributed by atoms with Gasteiger partial charge in [-0.1, -0.05) is 23.9 Å². The summed E-state index contributed by atoms with van der Waals surface area (Å²) < 4.78 is 14.1. The van der Waals surface area contributed by atoms with E-state index in [4.69, 9.17) is 5.73 Å². The van der Waals surface area contributed by atoms with Crippen LogP contribution in [0.5, 0.6) is 0 Å². The first-order valence-electron chi connectivity index (χ1n) is 4.99. The Morgan fingerprint density at radius 1 is 1.50 bits per heavy atom. The van der Waals surface area contributed by atoms with Crippen LogP contribution in [-0.4, -0.2) is 9.97 Å². The molecule has 0 amide bonds. The number of aromatic amines is 1. The maximum Gasteiger partial charge on any atom is 0.253 e. The van der Waals surface area contributed by atoms with Crippen molar-refractivity contribution in [1.29, 1.82) is 0 Å². The molecule has 0 aliphatic rings. The van der Waals surface area contributed by atoms with E-state index < -0.39 is 0 Å². The molecule has 0 bridgehead atoms. The summed E-state index contributed by atoms with van der Waals surface area (Å²) in [5.41, 5.74) is 5.66. The molecule has 1 aromatic heterocycles. The van der Waals surface area contributed by atoms with E-state index in [0.717, 1.165) is 0 Å². The molecule has 3 N–H and O–H groups in total. The first-order chi connectivity index (χ1) is 8.56. The number of nitrogen functional groups attached to an aromatic ring is 1. The highest BCUT2D eigenvalue weighted by Crippen LogP contribution is 2.24. The number of anilines is 1. The third kappa shape index (κ3) is 3.11. The van der Waals surface area contributed by atoms with E-state index in [1.165, 1.54) is 17.8 Å². The van der Waals surface area contributed by atoms with Crippen molar-refractivity contribution < 1.29 is 4.39 Å². The van der Waals surface area contributed by atoms with Crippen LogP contribution in [0.2, 0.25) is 0 Å². The first kappa shape index (κ1) is 13.1.